The van der Waals surface area contributed by atoms with Gasteiger partial charge in [-0.1, -0.05) is 24.3 Å². The highest BCUT2D eigenvalue weighted by Crippen LogP contribution is 2.22. The van der Waals surface area contributed by atoms with Gasteiger partial charge in [0.2, 0.25) is 5.91 Å². The number of aliphatic imine (C=N–C) groups is 1. The van der Waals surface area contributed by atoms with E-state index in [1.54, 1.807) is 11.9 Å². The summed E-state index contributed by atoms with van der Waals surface area (Å²) in [5.41, 5.74) is 2.50. The fourth-order valence-corrected chi connectivity index (χ4v) is 3.84. The Balaban J connectivity index is 0.00000320. The maximum Gasteiger partial charge on any atom is 0.409 e. The molecular formula is C21H32IN5O3. The monoisotopic (exact) mass is 529 g/mol. The van der Waals surface area contributed by atoms with Crippen LogP contribution in [0.15, 0.2) is 29.3 Å². The highest BCUT2D eigenvalue weighted by atomic mass is 127. The summed E-state index contributed by atoms with van der Waals surface area (Å²) in [6, 6.07) is 8.50. The maximum absolute atomic E-state index is 12.5. The Kier molecular flexibility index (Phi) is 9.67. The van der Waals surface area contributed by atoms with Crippen LogP contribution in [-0.2, 0) is 22.6 Å². The highest BCUT2D eigenvalue weighted by Gasteiger charge is 2.24. The molecule has 0 unspecified atom stereocenters. The van der Waals surface area contributed by atoms with Gasteiger partial charge in [0, 0.05) is 52.2 Å². The molecule has 2 heterocycles. The number of hydrogen-bond acceptors (Lipinski definition) is 4. The fourth-order valence-electron chi connectivity index (χ4n) is 3.84. The number of halogens is 1. The van der Waals surface area contributed by atoms with Crippen LogP contribution in [0, 0.1) is 0 Å². The van der Waals surface area contributed by atoms with Crippen LogP contribution < -0.4 is 10.6 Å². The largest absolute Gasteiger partial charge is 0.453 e. The van der Waals surface area contributed by atoms with Crippen molar-refractivity contribution >= 4 is 41.9 Å². The zero-order valence-corrected chi connectivity index (χ0v) is 20.1. The molecule has 2 aliphatic heterocycles. The van der Waals surface area contributed by atoms with E-state index in [1.165, 1.54) is 18.2 Å². The lowest BCUT2D eigenvalue weighted by Crippen LogP contribution is -2.49. The topological polar surface area (TPSA) is 86.3 Å². The van der Waals surface area contributed by atoms with Crippen molar-refractivity contribution in [2.75, 3.05) is 33.8 Å². The number of nitrogens with zero attached hydrogens (tertiary/aromatic N) is 3. The first-order valence-corrected chi connectivity index (χ1v) is 10.3. The summed E-state index contributed by atoms with van der Waals surface area (Å²) in [4.78, 5) is 31.9. The lowest BCUT2D eigenvalue weighted by atomic mass is 10.1. The van der Waals surface area contributed by atoms with Crippen molar-refractivity contribution in [1.29, 1.82) is 0 Å². The summed E-state index contributed by atoms with van der Waals surface area (Å²) in [6.07, 6.45) is 2.72. The van der Waals surface area contributed by atoms with Gasteiger partial charge in [0.1, 0.15) is 0 Å². The molecule has 1 saturated heterocycles. The number of piperidine rings is 1. The molecule has 0 bridgehead atoms. The smallest absolute Gasteiger partial charge is 0.409 e. The second kappa shape index (κ2) is 12.0. The van der Waals surface area contributed by atoms with Crippen LogP contribution in [0.1, 0.15) is 36.8 Å². The number of likely N-dealkylation sites (tertiary alicyclic amines) is 1. The van der Waals surface area contributed by atoms with Gasteiger partial charge in [-0.25, -0.2) is 4.79 Å². The van der Waals surface area contributed by atoms with Crippen molar-refractivity contribution in [3.8, 4) is 0 Å². The predicted octanol–water partition coefficient (Wildman–Crippen LogP) is 2.32. The van der Waals surface area contributed by atoms with Gasteiger partial charge in [0.25, 0.3) is 0 Å². The Bertz CT molecular complexity index is 725. The molecule has 0 aromatic heterocycles. The lowest BCUT2D eigenvalue weighted by Gasteiger charge is -2.32. The number of benzene rings is 1. The first-order valence-electron chi connectivity index (χ1n) is 10.3. The number of ether oxygens (including phenoxy) is 1. The van der Waals surface area contributed by atoms with Gasteiger partial charge in [-0.3, -0.25) is 9.79 Å². The van der Waals surface area contributed by atoms with E-state index in [-0.39, 0.29) is 42.0 Å². The average Bonchev–Trinajstić information content (AvgIpc) is 3.20. The number of nitrogens with one attached hydrogen (secondary N) is 2. The summed E-state index contributed by atoms with van der Waals surface area (Å²) in [6.45, 7) is 3.47. The SMILES string of the molecule is CN=C(NCCCC(=O)N1Cc2ccccc2C1)NC1CCN(C(=O)OC)CC1.I. The number of rotatable bonds is 5. The van der Waals surface area contributed by atoms with E-state index in [1.807, 2.05) is 17.0 Å². The molecule has 0 spiro atoms. The lowest BCUT2D eigenvalue weighted by molar-refractivity contribution is -0.131. The van der Waals surface area contributed by atoms with Crippen LogP contribution in [0.4, 0.5) is 4.79 Å². The summed E-state index contributed by atoms with van der Waals surface area (Å²) in [7, 11) is 3.15. The first kappa shape index (κ1) is 24.2. The van der Waals surface area contributed by atoms with Gasteiger partial charge in [-0.15, -0.1) is 24.0 Å². The van der Waals surface area contributed by atoms with Crippen LogP contribution in [0.5, 0.6) is 0 Å². The third-order valence-electron chi connectivity index (χ3n) is 5.55. The van der Waals surface area contributed by atoms with E-state index >= 15 is 0 Å². The molecule has 0 saturated carbocycles. The Hall–Kier alpha value is -2.04. The minimum atomic E-state index is -0.267. The van der Waals surface area contributed by atoms with Crippen LogP contribution in [-0.4, -0.2) is 67.6 Å². The molecule has 0 aliphatic carbocycles. The van der Waals surface area contributed by atoms with Crippen LogP contribution in [0.25, 0.3) is 0 Å². The molecule has 0 radical (unpaired) electrons. The third-order valence-corrected chi connectivity index (χ3v) is 5.55. The van der Waals surface area contributed by atoms with E-state index in [2.05, 4.69) is 27.8 Å². The predicted molar refractivity (Wildman–Crippen MR) is 127 cm³/mol. The van der Waals surface area contributed by atoms with Crippen LogP contribution in [0.2, 0.25) is 0 Å². The van der Waals surface area contributed by atoms with E-state index in [0.717, 1.165) is 38.3 Å². The Labute approximate surface area is 195 Å². The van der Waals surface area contributed by atoms with E-state index in [4.69, 9.17) is 4.74 Å². The quantitative estimate of drug-likeness (QED) is 0.265. The third kappa shape index (κ3) is 6.48. The van der Waals surface area contributed by atoms with Crippen molar-refractivity contribution in [2.45, 2.75) is 44.8 Å². The number of carbonyl (C=O) groups is 2. The molecule has 9 heteroatoms. The van der Waals surface area contributed by atoms with E-state index < -0.39 is 0 Å². The van der Waals surface area contributed by atoms with Crippen molar-refractivity contribution in [1.82, 2.24) is 20.4 Å². The summed E-state index contributed by atoms with van der Waals surface area (Å²) in [5, 5.41) is 6.69. The van der Waals surface area contributed by atoms with Crippen molar-refractivity contribution in [3.63, 3.8) is 0 Å². The molecule has 1 aromatic carbocycles. The molecule has 0 atom stereocenters. The molecule has 30 heavy (non-hydrogen) atoms. The normalized spacial score (nSPS) is 16.5. The van der Waals surface area contributed by atoms with Crippen LogP contribution in [0.3, 0.4) is 0 Å². The summed E-state index contributed by atoms with van der Waals surface area (Å²) >= 11 is 0. The van der Waals surface area contributed by atoms with Gasteiger partial charge in [-0.2, -0.15) is 0 Å². The highest BCUT2D eigenvalue weighted by molar-refractivity contribution is 14.0. The second-order valence-corrected chi connectivity index (χ2v) is 7.50. The van der Waals surface area contributed by atoms with E-state index in [0.29, 0.717) is 26.1 Å². The number of guanidine groups is 1. The van der Waals surface area contributed by atoms with Crippen molar-refractivity contribution in [3.05, 3.63) is 35.4 Å². The van der Waals surface area contributed by atoms with Crippen molar-refractivity contribution < 1.29 is 14.3 Å². The molecule has 2 N–H and O–H groups in total. The van der Waals surface area contributed by atoms with Gasteiger partial charge in [-0.05, 0) is 30.4 Å². The molecule has 166 valence electrons. The number of amides is 2. The summed E-state index contributed by atoms with van der Waals surface area (Å²) < 4.78 is 4.77. The average molecular weight is 529 g/mol. The maximum atomic E-state index is 12.5. The zero-order chi connectivity index (χ0) is 20.6. The van der Waals surface area contributed by atoms with E-state index in [9.17, 15) is 9.59 Å². The Morgan fingerprint density at radius 1 is 1.13 bits per heavy atom. The minimum Gasteiger partial charge on any atom is -0.453 e. The zero-order valence-electron chi connectivity index (χ0n) is 17.7. The van der Waals surface area contributed by atoms with Gasteiger partial charge < -0.3 is 25.2 Å². The molecule has 3 rings (SSSR count). The molecule has 8 nitrogen and oxygen atoms in total. The fraction of sp³-hybridized carbons (Fsp3) is 0.571. The molecule has 1 aromatic rings. The van der Waals surface area contributed by atoms with Gasteiger partial charge in [0.05, 0.1) is 7.11 Å². The van der Waals surface area contributed by atoms with Crippen molar-refractivity contribution in [2.24, 2.45) is 4.99 Å². The molecule has 2 aliphatic rings. The van der Waals surface area contributed by atoms with Gasteiger partial charge in [0.15, 0.2) is 5.96 Å². The number of carbonyl (C=O) groups excluding carboxylic acids is 2. The first-order chi connectivity index (χ1) is 14.1. The molecule has 1 fully saturated rings. The Morgan fingerprint density at radius 3 is 2.33 bits per heavy atom. The number of methoxy groups -OCH3 is 1. The number of fused-ring (bicyclic) bond motifs is 1. The Morgan fingerprint density at radius 2 is 1.77 bits per heavy atom. The van der Waals surface area contributed by atoms with Crippen LogP contribution >= 0.6 is 24.0 Å². The second-order valence-electron chi connectivity index (χ2n) is 7.50. The standard InChI is InChI=1S/C21H31N5O3.HI/c1-22-20(24-18-9-12-25(13-10-18)21(28)29-2)23-11-5-8-19(27)26-14-16-6-3-4-7-17(16)15-26;/h3-4,6-7,18H,5,8-15H2,1-2H3,(H2,22,23,24);1H. The van der Waals surface area contributed by atoms with Gasteiger partial charge >= 0.3 is 6.09 Å². The minimum absolute atomic E-state index is 0. The number of hydrogen-bond donors (Lipinski definition) is 2. The molecule has 2 amide bonds. The summed E-state index contributed by atoms with van der Waals surface area (Å²) in [5.74, 6) is 0.934. The molecular weight excluding hydrogens is 497 g/mol.